The highest BCUT2D eigenvalue weighted by Crippen LogP contribution is 2.28. The van der Waals surface area contributed by atoms with Gasteiger partial charge in [0.15, 0.2) is 5.65 Å². The van der Waals surface area contributed by atoms with Gasteiger partial charge in [-0.1, -0.05) is 11.6 Å². The average Bonchev–Trinajstić information content (AvgIpc) is 3.16. The Hall–Kier alpha value is -3.23. The second-order valence-electron chi connectivity index (χ2n) is 7.28. The lowest BCUT2D eigenvalue weighted by Crippen LogP contribution is -2.48. The molecule has 0 aliphatic carbocycles. The molecule has 0 unspecified atom stereocenters. The summed E-state index contributed by atoms with van der Waals surface area (Å²) in [5.41, 5.74) is 2.63. The van der Waals surface area contributed by atoms with Gasteiger partial charge in [-0.2, -0.15) is 5.10 Å². The number of H-pyrrole nitrogens is 1. The van der Waals surface area contributed by atoms with Crippen LogP contribution in [-0.2, 0) is 4.79 Å². The lowest BCUT2D eigenvalue weighted by Gasteiger charge is -2.36. The number of amides is 1. The number of fused-ring (bicyclic) bond motifs is 2. The molecule has 8 nitrogen and oxygen atoms in total. The number of anilines is 2. The number of carbonyl (C=O) groups is 1. The summed E-state index contributed by atoms with van der Waals surface area (Å²) in [7, 11) is 0. The Morgan fingerprint density at radius 2 is 1.93 bits per heavy atom. The van der Waals surface area contributed by atoms with Crippen molar-refractivity contribution >= 4 is 50.9 Å². The molecule has 4 aromatic rings. The molecule has 2 N–H and O–H groups in total. The third kappa shape index (κ3) is 3.67. The molecule has 1 amide bonds. The predicted molar refractivity (Wildman–Crippen MR) is 118 cm³/mol. The number of hydrogen-bond donors (Lipinski definition) is 2. The van der Waals surface area contributed by atoms with E-state index >= 15 is 0 Å². The van der Waals surface area contributed by atoms with Crippen LogP contribution in [0.3, 0.4) is 0 Å². The summed E-state index contributed by atoms with van der Waals surface area (Å²) in [6.45, 7) is 3.62. The first-order chi connectivity index (χ1) is 14.7. The molecule has 1 aliphatic heterocycles. The van der Waals surface area contributed by atoms with Crippen LogP contribution < -0.4 is 10.2 Å². The van der Waals surface area contributed by atoms with E-state index in [1.165, 1.54) is 0 Å². The molecular formula is C21H20ClN7O. The van der Waals surface area contributed by atoms with Crippen molar-refractivity contribution in [2.24, 2.45) is 0 Å². The number of benzene rings is 1. The Morgan fingerprint density at radius 1 is 1.07 bits per heavy atom. The maximum absolute atomic E-state index is 12.5. The maximum atomic E-state index is 12.5. The van der Waals surface area contributed by atoms with Gasteiger partial charge in [0.1, 0.15) is 5.82 Å². The highest BCUT2D eigenvalue weighted by atomic mass is 35.5. The average molecular weight is 422 g/mol. The molecule has 152 valence electrons. The smallest absolute Gasteiger partial charge is 0.239 e. The molecule has 1 aromatic carbocycles. The number of nitrogens with one attached hydrogen (secondary N) is 2. The van der Waals surface area contributed by atoms with Gasteiger partial charge in [-0.25, -0.2) is 4.98 Å². The summed E-state index contributed by atoms with van der Waals surface area (Å²) in [6.07, 6.45) is 3.49. The molecule has 4 heterocycles. The van der Waals surface area contributed by atoms with E-state index in [-0.39, 0.29) is 5.91 Å². The number of carbonyl (C=O) groups excluding carboxylic acids is 1. The van der Waals surface area contributed by atoms with Gasteiger partial charge in [-0.15, -0.1) is 0 Å². The van der Waals surface area contributed by atoms with Crippen LogP contribution >= 0.6 is 11.6 Å². The topological polar surface area (TPSA) is 90.0 Å². The molecule has 0 spiro atoms. The van der Waals surface area contributed by atoms with Crippen molar-refractivity contribution in [3.05, 3.63) is 53.8 Å². The van der Waals surface area contributed by atoms with Crippen molar-refractivity contribution in [1.29, 1.82) is 0 Å². The quantitative estimate of drug-likeness (QED) is 0.526. The van der Waals surface area contributed by atoms with Crippen LogP contribution in [0.5, 0.6) is 0 Å². The van der Waals surface area contributed by atoms with Gasteiger partial charge in [0, 0.05) is 54.7 Å². The fraction of sp³-hybridized carbons (Fsp3) is 0.238. The van der Waals surface area contributed by atoms with Crippen molar-refractivity contribution in [2.75, 3.05) is 42.9 Å². The summed E-state index contributed by atoms with van der Waals surface area (Å²) in [5.74, 6) is 0.519. The molecule has 1 aliphatic rings. The zero-order valence-electron chi connectivity index (χ0n) is 16.2. The Bertz CT molecular complexity index is 1220. The molecule has 1 fully saturated rings. The van der Waals surface area contributed by atoms with E-state index in [0.717, 1.165) is 48.2 Å². The van der Waals surface area contributed by atoms with Crippen LogP contribution in [0.4, 0.5) is 11.5 Å². The number of hydrogen-bond acceptors (Lipinski definition) is 6. The molecule has 0 saturated carbocycles. The van der Waals surface area contributed by atoms with E-state index in [0.29, 0.717) is 23.0 Å². The van der Waals surface area contributed by atoms with Gasteiger partial charge in [-0.3, -0.25) is 19.8 Å². The van der Waals surface area contributed by atoms with E-state index in [1.807, 2.05) is 42.6 Å². The van der Waals surface area contributed by atoms with E-state index < -0.39 is 0 Å². The van der Waals surface area contributed by atoms with Crippen molar-refractivity contribution < 1.29 is 4.79 Å². The lowest BCUT2D eigenvalue weighted by molar-refractivity contribution is -0.117. The van der Waals surface area contributed by atoms with Gasteiger partial charge in [0.05, 0.1) is 17.4 Å². The van der Waals surface area contributed by atoms with Crippen LogP contribution in [0.1, 0.15) is 0 Å². The second-order valence-corrected chi connectivity index (χ2v) is 7.71. The monoisotopic (exact) mass is 421 g/mol. The largest absolute Gasteiger partial charge is 0.368 e. The van der Waals surface area contributed by atoms with Crippen LogP contribution in [0.15, 0.2) is 48.8 Å². The van der Waals surface area contributed by atoms with Crippen molar-refractivity contribution in [3.63, 3.8) is 0 Å². The number of piperazine rings is 1. The number of aromatic nitrogens is 4. The molecule has 1 saturated heterocycles. The Balaban J connectivity index is 1.22. The number of nitrogens with zero attached hydrogens (tertiary/aromatic N) is 5. The standard InChI is InChI=1S/C21H20ClN7O/c22-14-3-4-15-17(12-14)23-7-5-18(15)29-10-8-28(9-11-29)13-19(30)25-21-16-2-1-6-24-20(16)26-27-21/h1-7,12H,8-11,13H2,(H2,24,25,26,27,30). The minimum Gasteiger partial charge on any atom is -0.368 e. The third-order valence-electron chi connectivity index (χ3n) is 5.36. The van der Waals surface area contributed by atoms with Crippen LogP contribution in [0.25, 0.3) is 21.9 Å². The Kier molecular flexibility index (Phi) is 4.94. The summed E-state index contributed by atoms with van der Waals surface area (Å²) < 4.78 is 0. The minimum atomic E-state index is -0.0677. The van der Waals surface area contributed by atoms with Crippen molar-refractivity contribution in [3.8, 4) is 0 Å². The fourth-order valence-corrected chi connectivity index (χ4v) is 4.02. The lowest BCUT2D eigenvalue weighted by atomic mass is 10.1. The molecule has 0 bridgehead atoms. The molecule has 5 rings (SSSR count). The SMILES string of the molecule is O=C(CN1CCN(c2ccnc3cc(Cl)ccc23)CC1)Nc1[nH]nc2ncccc12. The predicted octanol–water partition coefficient (Wildman–Crippen LogP) is 2.92. The van der Waals surface area contributed by atoms with E-state index in [4.69, 9.17) is 11.6 Å². The summed E-state index contributed by atoms with van der Waals surface area (Å²) in [5, 5.41) is 12.4. The Morgan fingerprint density at radius 3 is 2.80 bits per heavy atom. The van der Waals surface area contributed by atoms with E-state index in [9.17, 15) is 4.79 Å². The number of rotatable bonds is 4. The molecule has 0 radical (unpaired) electrons. The first kappa shape index (κ1) is 18.8. The normalized spacial score (nSPS) is 15.0. The molecule has 9 heteroatoms. The van der Waals surface area contributed by atoms with Gasteiger partial charge in [0.25, 0.3) is 0 Å². The number of aromatic amines is 1. The molecule has 0 atom stereocenters. The van der Waals surface area contributed by atoms with Crippen molar-refractivity contribution in [2.45, 2.75) is 0 Å². The minimum absolute atomic E-state index is 0.0677. The third-order valence-corrected chi connectivity index (χ3v) is 5.59. The highest BCUT2D eigenvalue weighted by molar-refractivity contribution is 6.31. The van der Waals surface area contributed by atoms with Gasteiger partial charge in [0.2, 0.25) is 5.91 Å². The first-order valence-electron chi connectivity index (χ1n) is 9.78. The summed E-state index contributed by atoms with van der Waals surface area (Å²) >= 11 is 6.10. The summed E-state index contributed by atoms with van der Waals surface area (Å²) in [6, 6.07) is 11.5. The number of pyridine rings is 2. The van der Waals surface area contributed by atoms with E-state index in [2.05, 4.69) is 35.3 Å². The van der Waals surface area contributed by atoms with Crippen LogP contribution in [-0.4, -0.2) is 63.7 Å². The molecule has 30 heavy (non-hydrogen) atoms. The second kappa shape index (κ2) is 7.89. The van der Waals surface area contributed by atoms with Gasteiger partial charge in [-0.05, 0) is 36.4 Å². The Labute approximate surface area is 177 Å². The zero-order chi connectivity index (χ0) is 20.5. The van der Waals surface area contributed by atoms with Crippen LogP contribution in [0.2, 0.25) is 5.02 Å². The summed E-state index contributed by atoms with van der Waals surface area (Å²) in [4.78, 5) is 25.6. The maximum Gasteiger partial charge on any atom is 0.239 e. The molecular weight excluding hydrogens is 402 g/mol. The fourth-order valence-electron chi connectivity index (χ4n) is 3.86. The number of halogens is 1. The zero-order valence-corrected chi connectivity index (χ0v) is 16.9. The highest BCUT2D eigenvalue weighted by Gasteiger charge is 2.21. The molecule has 3 aromatic heterocycles. The van der Waals surface area contributed by atoms with Crippen molar-refractivity contribution in [1.82, 2.24) is 25.1 Å². The van der Waals surface area contributed by atoms with Gasteiger partial charge >= 0.3 is 0 Å². The first-order valence-corrected chi connectivity index (χ1v) is 10.2. The van der Waals surface area contributed by atoms with Gasteiger partial charge < -0.3 is 10.2 Å². The van der Waals surface area contributed by atoms with Crippen LogP contribution in [0, 0.1) is 0 Å². The van der Waals surface area contributed by atoms with E-state index in [1.54, 1.807) is 6.20 Å².